The molecule has 0 saturated carbocycles. The van der Waals surface area contributed by atoms with Crippen molar-refractivity contribution in [1.29, 1.82) is 0 Å². The number of fused-ring (bicyclic) bond motifs is 9. The van der Waals surface area contributed by atoms with E-state index in [4.69, 9.17) is 23.8 Å². The summed E-state index contributed by atoms with van der Waals surface area (Å²) in [6, 6.07) is 62.7. The molecule has 4 heterocycles. The molecular formula is C51H30N4O2. The van der Waals surface area contributed by atoms with E-state index in [0.717, 1.165) is 99.1 Å². The fraction of sp³-hybridized carbons (Fsp3) is 0. The Bertz CT molecular complexity index is 3510. The van der Waals surface area contributed by atoms with Gasteiger partial charge in [-0.3, -0.25) is 4.57 Å². The molecular weight excluding hydrogens is 701 g/mol. The molecule has 0 N–H and O–H groups in total. The van der Waals surface area contributed by atoms with E-state index in [2.05, 4.69) is 144 Å². The van der Waals surface area contributed by atoms with Crippen molar-refractivity contribution in [3.63, 3.8) is 0 Å². The van der Waals surface area contributed by atoms with Crippen molar-refractivity contribution in [2.45, 2.75) is 0 Å². The van der Waals surface area contributed by atoms with Gasteiger partial charge in [-0.1, -0.05) is 140 Å². The van der Waals surface area contributed by atoms with Gasteiger partial charge in [0, 0.05) is 43.4 Å². The summed E-state index contributed by atoms with van der Waals surface area (Å²) in [4.78, 5) is 15.8. The van der Waals surface area contributed by atoms with Crippen molar-refractivity contribution >= 4 is 65.7 Å². The van der Waals surface area contributed by atoms with Crippen molar-refractivity contribution in [3.8, 4) is 51.0 Å². The summed E-state index contributed by atoms with van der Waals surface area (Å²) in [7, 11) is 0. The van der Waals surface area contributed by atoms with E-state index in [1.54, 1.807) is 0 Å². The number of hydrogen-bond acceptors (Lipinski definition) is 5. The fourth-order valence-corrected chi connectivity index (χ4v) is 8.40. The molecule has 0 radical (unpaired) electrons. The number of aromatic nitrogens is 4. The maximum absolute atomic E-state index is 6.55. The Morgan fingerprint density at radius 1 is 0.333 bits per heavy atom. The van der Waals surface area contributed by atoms with Crippen molar-refractivity contribution < 1.29 is 8.83 Å². The molecule has 6 nitrogen and oxygen atoms in total. The number of furan rings is 2. The number of benzene rings is 8. The summed E-state index contributed by atoms with van der Waals surface area (Å²) >= 11 is 0. The Morgan fingerprint density at radius 2 is 0.912 bits per heavy atom. The van der Waals surface area contributed by atoms with Crippen LogP contribution < -0.4 is 0 Å². The predicted molar refractivity (Wildman–Crippen MR) is 230 cm³/mol. The van der Waals surface area contributed by atoms with Gasteiger partial charge in [0.2, 0.25) is 5.95 Å². The van der Waals surface area contributed by atoms with Crippen LogP contribution in [0.2, 0.25) is 0 Å². The van der Waals surface area contributed by atoms with Gasteiger partial charge in [0.05, 0.1) is 11.0 Å². The lowest BCUT2D eigenvalue weighted by molar-refractivity contribution is 0.669. The second-order valence-corrected chi connectivity index (χ2v) is 14.4. The van der Waals surface area contributed by atoms with E-state index in [1.165, 1.54) is 0 Å². The first-order valence-electron chi connectivity index (χ1n) is 19.0. The van der Waals surface area contributed by atoms with Gasteiger partial charge < -0.3 is 8.83 Å². The fourth-order valence-electron chi connectivity index (χ4n) is 8.40. The highest BCUT2D eigenvalue weighted by Gasteiger charge is 2.22. The monoisotopic (exact) mass is 730 g/mol. The van der Waals surface area contributed by atoms with E-state index >= 15 is 0 Å². The number of rotatable bonds is 5. The summed E-state index contributed by atoms with van der Waals surface area (Å²) in [5, 5.41) is 6.37. The quantitative estimate of drug-likeness (QED) is 0.176. The van der Waals surface area contributed by atoms with Crippen molar-refractivity contribution in [3.05, 3.63) is 182 Å². The predicted octanol–water partition coefficient (Wildman–Crippen LogP) is 13.4. The van der Waals surface area contributed by atoms with Crippen LogP contribution in [0.5, 0.6) is 0 Å². The largest absolute Gasteiger partial charge is 0.456 e. The van der Waals surface area contributed by atoms with E-state index in [9.17, 15) is 0 Å². The van der Waals surface area contributed by atoms with Crippen LogP contribution in [-0.4, -0.2) is 19.5 Å². The van der Waals surface area contributed by atoms with Crippen LogP contribution in [-0.2, 0) is 0 Å². The van der Waals surface area contributed by atoms with Gasteiger partial charge in [0.25, 0.3) is 0 Å². The Kier molecular flexibility index (Phi) is 6.83. The highest BCUT2D eigenvalue weighted by atomic mass is 16.3. The van der Waals surface area contributed by atoms with Gasteiger partial charge in [0.15, 0.2) is 11.6 Å². The molecule has 4 aromatic heterocycles. The lowest BCUT2D eigenvalue weighted by Gasteiger charge is -2.12. The molecule has 266 valence electrons. The molecule has 0 atom stereocenters. The van der Waals surface area contributed by atoms with Crippen molar-refractivity contribution in [2.75, 3.05) is 0 Å². The Balaban J connectivity index is 1.14. The number of nitrogens with zero attached hydrogens (tertiary/aromatic N) is 4. The lowest BCUT2D eigenvalue weighted by atomic mass is 9.97. The van der Waals surface area contributed by atoms with Crippen molar-refractivity contribution in [1.82, 2.24) is 19.5 Å². The van der Waals surface area contributed by atoms with Crippen LogP contribution in [0.25, 0.3) is 117 Å². The molecule has 0 amide bonds. The molecule has 57 heavy (non-hydrogen) atoms. The Hall–Kier alpha value is -7.83. The molecule has 6 heteroatoms. The van der Waals surface area contributed by atoms with Crippen LogP contribution in [0, 0.1) is 0 Å². The summed E-state index contributed by atoms with van der Waals surface area (Å²) in [6.07, 6.45) is 0. The summed E-state index contributed by atoms with van der Waals surface area (Å²) in [5.41, 5.74) is 11.4. The molecule has 0 aliphatic rings. The first-order chi connectivity index (χ1) is 28.2. The van der Waals surface area contributed by atoms with Crippen LogP contribution in [0.15, 0.2) is 191 Å². The standard InChI is InChI=1S/C51H30N4O2/c1-3-13-31(14-4-1)32-23-25-34(26-24-32)49-52-50(35-27-39(33-15-5-2-6-16-33)48-38-19-9-12-22-45(38)57-47(48)28-35)54-51(53-49)55-42-20-10-7-17-36(42)40-30-46-41(29-43(40)55)37-18-8-11-21-44(37)56-46/h1-30H. The minimum absolute atomic E-state index is 0.520. The molecule has 0 spiro atoms. The zero-order chi connectivity index (χ0) is 37.5. The average Bonchev–Trinajstić information content (AvgIpc) is 3.95. The maximum atomic E-state index is 6.55. The maximum Gasteiger partial charge on any atom is 0.238 e. The SMILES string of the molecule is c1ccc(-c2ccc(-c3nc(-c4cc(-c5ccccc5)c5c(c4)oc4ccccc45)nc(-n4c5ccccc5c5cc6oc7ccccc7c6cc54)n3)cc2)cc1. The van der Waals surface area contributed by atoms with Crippen LogP contribution in [0.1, 0.15) is 0 Å². The van der Waals surface area contributed by atoms with Crippen LogP contribution in [0.4, 0.5) is 0 Å². The smallest absolute Gasteiger partial charge is 0.238 e. The second kappa shape index (κ2) is 12.3. The Labute approximate surface area is 325 Å². The van der Waals surface area contributed by atoms with Gasteiger partial charge in [-0.15, -0.1) is 0 Å². The number of para-hydroxylation sites is 3. The molecule has 12 rings (SSSR count). The van der Waals surface area contributed by atoms with Gasteiger partial charge >= 0.3 is 0 Å². The topological polar surface area (TPSA) is 69.9 Å². The van der Waals surface area contributed by atoms with E-state index < -0.39 is 0 Å². The van der Waals surface area contributed by atoms with Crippen molar-refractivity contribution in [2.24, 2.45) is 0 Å². The zero-order valence-electron chi connectivity index (χ0n) is 30.4. The summed E-state index contributed by atoms with van der Waals surface area (Å²) in [5.74, 6) is 1.63. The zero-order valence-corrected chi connectivity index (χ0v) is 30.4. The molecule has 0 aliphatic carbocycles. The molecule has 0 aliphatic heterocycles. The minimum Gasteiger partial charge on any atom is -0.456 e. The van der Waals surface area contributed by atoms with Gasteiger partial charge in [-0.25, -0.2) is 4.98 Å². The van der Waals surface area contributed by atoms with Gasteiger partial charge in [-0.2, -0.15) is 9.97 Å². The molecule has 0 fully saturated rings. The molecule has 0 bridgehead atoms. The molecule has 0 unspecified atom stereocenters. The van der Waals surface area contributed by atoms with Gasteiger partial charge in [0.1, 0.15) is 22.3 Å². The Morgan fingerprint density at radius 3 is 1.68 bits per heavy atom. The summed E-state index contributed by atoms with van der Waals surface area (Å²) in [6.45, 7) is 0. The van der Waals surface area contributed by atoms with E-state index in [0.29, 0.717) is 17.6 Å². The minimum atomic E-state index is 0.520. The molecule has 12 aromatic rings. The van der Waals surface area contributed by atoms with Gasteiger partial charge in [-0.05, 0) is 64.7 Å². The van der Waals surface area contributed by atoms with Crippen LogP contribution >= 0.6 is 0 Å². The van der Waals surface area contributed by atoms with Crippen LogP contribution in [0.3, 0.4) is 0 Å². The average molecular weight is 731 g/mol. The third-order valence-corrected chi connectivity index (χ3v) is 11.1. The molecule has 0 saturated heterocycles. The third kappa shape index (κ3) is 5.01. The van der Waals surface area contributed by atoms with E-state index in [-0.39, 0.29) is 0 Å². The highest BCUT2D eigenvalue weighted by molar-refractivity contribution is 6.17. The molecule has 8 aromatic carbocycles. The summed E-state index contributed by atoms with van der Waals surface area (Å²) < 4.78 is 15.1. The first kappa shape index (κ1) is 31.5. The number of hydrogen-bond donors (Lipinski definition) is 0. The first-order valence-corrected chi connectivity index (χ1v) is 19.0. The van der Waals surface area contributed by atoms with E-state index in [1.807, 2.05) is 42.5 Å². The third-order valence-electron chi connectivity index (χ3n) is 11.1. The second-order valence-electron chi connectivity index (χ2n) is 14.4. The normalized spacial score (nSPS) is 11.9. The highest BCUT2D eigenvalue weighted by Crippen LogP contribution is 2.41. The lowest BCUT2D eigenvalue weighted by Crippen LogP contribution is -2.06.